The van der Waals surface area contributed by atoms with Crippen LogP contribution in [0.1, 0.15) is 42.0 Å². The van der Waals surface area contributed by atoms with Crippen LogP contribution in [0.3, 0.4) is 0 Å². The Morgan fingerprint density at radius 3 is 2.40 bits per heavy atom. The van der Waals surface area contributed by atoms with Crippen molar-refractivity contribution in [2.75, 3.05) is 6.54 Å². The van der Waals surface area contributed by atoms with Gasteiger partial charge in [0.15, 0.2) is 0 Å². The maximum Gasteiger partial charge on any atom is 0.106 e. The summed E-state index contributed by atoms with van der Waals surface area (Å²) in [6.07, 6.45) is 2.89. The van der Waals surface area contributed by atoms with Crippen LogP contribution >= 0.6 is 0 Å². The Morgan fingerprint density at radius 1 is 1.33 bits per heavy atom. The van der Waals surface area contributed by atoms with Gasteiger partial charge in [-0.3, -0.25) is 0 Å². The van der Waals surface area contributed by atoms with Crippen LogP contribution in [0, 0.1) is 20.8 Å². The first kappa shape index (κ1) is 12.1. The molecule has 1 aromatic rings. The van der Waals surface area contributed by atoms with Crippen molar-refractivity contribution < 1.29 is 4.42 Å². The lowest BCUT2D eigenvalue weighted by atomic mass is 9.99. The molecule has 0 radical (unpaired) electrons. The van der Waals surface area contributed by atoms with Crippen LogP contribution in [0.2, 0.25) is 0 Å². The minimum Gasteiger partial charge on any atom is -0.466 e. The van der Waals surface area contributed by atoms with E-state index in [9.17, 15) is 0 Å². The summed E-state index contributed by atoms with van der Waals surface area (Å²) in [5.74, 6) is 2.05. The van der Waals surface area contributed by atoms with Gasteiger partial charge in [-0.2, -0.15) is 0 Å². The summed E-state index contributed by atoms with van der Waals surface area (Å²) in [7, 11) is 0. The van der Waals surface area contributed by atoms with Crippen molar-refractivity contribution in [1.29, 1.82) is 0 Å². The summed E-state index contributed by atoms with van der Waals surface area (Å²) in [4.78, 5) is 0. The van der Waals surface area contributed by atoms with Crippen molar-refractivity contribution in [3.8, 4) is 0 Å². The van der Waals surface area contributed by atoms with Crippen molar-refractivity contribution in [3.63, 3.8) is 0 Å². The average Bonchev–Trinajstić information content (AvgIpc) is 2.41. The molecule has 1 atom stereocenters. The van der Waals surface area contributed by atoms with E-state index in [0.717, 1.165) is 24.5 Å². The quantitative estimate of drug-likeness (QED) is 0.748. The van der Waals surface area contributed by atoms with E-state index in [-0.39, 0.29) is 0 Å². The van der Waals surface area contributed by atoms with Crippen LogP contribution < -0.4 is 5.32 Å². The van der Waals surface area contributed by atoms with Crippen molar-refractivity contribution in [3.05, 3.63) is 35.3 Å². The number of nitrogens with one attached hydrogen (secondary N) is 1. The van der Waals surface area contributed by atoms with Crippen molar-refractivity contribution in [2.45, 2.75) is 40.2 Å². The molecule has 84 valence electrons. The van der Waals surface area contributed by atoms with Gasteiger partial charge in [-0.25, -0.2) is 0 Å². The maximum absolute atomic E-state index is 5.64. The van der Waals surface area contributed by atoms with E-state index >= 15 is 0 Å². The van der Waals surface area contributed by atoms with E-state index in [1.807, 2.05) is 19.9 Å². The minimum atomic E-state index is 0.338. The predicted octanol–water partition coefficient (Wildman–Crippen LogP) is 3.43. The van der Waals surface area contributed by atoms with Crippen LogP contribution in [-0.4, -0.2) is 6.54 Å². The highest BCUT2D eigenvalue weighted by Crippen LogP contribution is 2.28. The normalized spacial score (nSPS) is 12.8. The number of hydrogen-bond acceptors (Lipinski definition) is 2. The molecular formula is C13H21NO. The van der Waals surface area contributed by atoms with Gasteiger partial charge in [-0.05, 0) is 39.3 Å². The van der Waals surface area contributed by atoms with Crippen molar-refractivity contribution in [1.82, 2.24) is 5.32 Å². The molecule has 0 fully saturated rings. The first-order chi connectivity index (χ1) is 7.11. The molecule has 15 heavy (non-hydrogen) atoms. The number of furan rings is 1. The van der Waals surface area contributed by atoms with Crippen molar-refractivity contribution in [2.24, 2.45) is 0 Å². The van der Waals surface area contributed by atoms with E-state index < -0.39 is 0 Å². The van der Waals surface area contributed by atoms with Crippen LogP contribution in [-0.2, 0) is 0 Å². The average molecular weight is 207 g/mol. The standard InChI is InChI=1S/C13H21NO/c1-6-8-12(14-7-2)13-9(3)10(4)15-11(13)5/h6,12,14H,1,7-8H2,2-5H3. The third-order valence-electron chi connectivity index (χ3n) is 2.82. The SMILES string of the molecule is C=CCC(NCC)c1c(C)oc(C)c1C. The second-order valence-corrected chi connectivity index (χ2v) is 3.89. The lowest BCUT2D eigenvalue weighted by Crippen LogP contribution is -2.21. The van der Waals surface area contributed by atoms with Gasteiger partial charge in [0.05, 0.1) is 0 Å². The largest absolute Gasteiger partial charge is 0.466 e. The summed E-state index contributed by atoms with van der Waals surface area (Å²) in [5.41, 5.74) is 2.56. The summed E-state index contributed by atoms with van der Waals surface area (Å²) < 4.78 is 5.64. The lowest BCUT2D eigenvalue weighted by Gasteiger charge is -2.16. The Kier molecular flexibility index (Phi) is 4.15. The van der Waals surface area contributed by atoms with E-state index in [0.29, 0.717) is 6.04 Å². The van der Waals surface area contributed by atoms with Crippen LogP contribution in [0.25, 0.3) is 0 Å². The molecule has 1 unspecified atom stereocenters. The van der Waals surface area contributed by atoms with Gasteiger partial charge in [0.2, 0.25) is 0 Å². The first-order valence-electron chi connectivity index (χ1n) is 5.52. The molecule has 0 bridgehead atoms. The summed E-state index contributed by atoms with van der Waals surface area (Å²) >= 11 is 0. The van der Waals surface area contributed by atoms with Crippen LogP contribution in [0.15, 0.2) is 17.1 Å². The summed E-state index contributed by atoms with van der Waals surface area (Å²) in [6.45, 7) is 13.0. The fraction of sp³-hybridized carbons (Fsp3) is 0.538. The predicted molar refractivity (Wildman–Crippen MR) is 64.2 cm³/mol. The molecule has 2 heteroatoms. The smallest absolute Gasteiger partial charge is 0.106 e. The van der Waals surface area contributed by atoms with Gasteiger partial charge in [0, 0.05) is 11.6 Å². The third kappa shape index (κ3) is 2.51. The van der Waals surface area contributed by atoms with E-state index in [1.54, 1.807) is 0 Å². The third-order valence-corrected chi connectivity index (χ3v) is 2.82. The Bertz CT molecular complexity index is 339. The molecule has 0 saturated heterocycles. The molecule has 2 nitrogen and oxygen atoms in total. The fourth-order valence-corrected chi connectivity index (χ4v) is 2.04. The monoisotopic (exact) mass is 207 g/mol. The van der Waals surface area contributed by atoms with E-state index in [1.165, 1.54) is 11.1 Å². The molecule has 0 saturated carbocycles. The zero-order chi connectivity index (χ0) is 11.4. The van der Waals surface area contributed by atoms with E-state index in [2.05, 4.69) is 25.7 Å². The van der Waals surface area contributed by atoms with Crippen LogP contribution in [0.4, 0.5) is 0 Å². The highest BCUT2D eigenvalue weighted by Gasteiger charge is 2.18. The highest BCUT2D eigenvalue weighted by atomic mass is 16.3. The van der Waals surface area contributed by atoms with Gasteiger partial charge in [-0.15, -0.1) is 6.58 Å². The van der Waals surface area contributed by atoms with E-state index in [4.69, 9.17) is 4.42 Å². The number of hydrogen-bond donors (Lipinski definition) is 1. The zero-order valence-electron chi connectivity index (χ0n) is 10.2. The minimum absolute atomic E-state index is 0.338. The number of aryl methyl sites for hydroxylation is 2. The van der Waals surface area contributed by atoms with Crippen LogP contribution in [0.5, 0.6) is 0 Å². The first-order valence-corrected chi connectivity index (χ1v) is 5.52. The van der Waals surface area contributed by atoms with Gasteiger partial charge in [0.25, 0.3) is 0 Å². The molecule has 1 N–H and O–H groups in total. The second-order valence-electron chi connectivity index (χ2n) is 3.89. The molecule has 1 heterocycles. The second kappa shape index (κ2) is 5.17. The summed E-state index contributed by atoms with van der Waals surface area (Å²) in [6, 6.07) is 0.338. The fourth-order valence-electron chi connectivity index (χ4n) is 2.04. The van der Waals surface area contributed by atoms with Crippen molar-refractivity contribution >= 4 is 0 Å². The van der Waals surface area contributed by atoms with Gasteiger partial charge in [-0.1, -0.05) is 13.0 Å². The molecule has 0 aromatic carbocycles. The molecule has 1 aromatic heterocycles. The zero-order valence-corrected chi connectivity index (χ0v) is 10.2. The van der Waals surface area contributed by atoms with Gasteiger partial charge in [0.1, 0.15) is 11.5 Å². The molecular weight excluding hydrogens is 186 g/mol. The molecule has 0 spiro atoms. The topological polar surface area (TPSA) is 25.2 Å². The molecule has 0 aliphatic carbocycles. The maximum atomic E-state index is 5.64. The molecule has 0 aliphatic rings. The number of rotatable bonds is 5. The Balaban J connectivity index is 3.03. The van der Waals surface area contributed by atoms with Gasteiger partial charge < -0.3 is 9.73 Å². The molecule has 1 rings (SSSR count). The highest BCUT2D eigenvalue weighted by molar-refractivity contribution is 5.34. The Hall–Kier alpha value is -1.02. The summed E-state index contributed by atoms with van der Waals surface area (Å²) in [5, 5.41) is 3.46. The molecule has 0 amide bonds. The Morgan fingerprint density at radius 2 is 2.00 bits per heavy atom. The Labute approximate surface area is 92.4 Å². The molecule has 0 aliphatic heterocycles. The van der Waals surface area contributed by atoms with Gasteiger partial charge >= 0.3 is 0 Å². The lowest BCUT2D eigenvalue weighted by molar-refractivity contribution is 0.486.